The number of allylic oxidation sites excluding steroid dienone is 1. The van der Waals surface area contributed by atoms with Crippen LogP contribution in [0.25, 0.3) is 0 Å². The average molecular weight is 430 g/mol. The highest BCUT2D eigenvalue weighted by Crippen LogP contribution is 2.29. The fourth-order valence-corrected chi connectivity index (χ4v) is 4.56. The van der Waals surface area contributed by atoms with E-state index in [-0.39, 0.29) is 30.0 Å². The monoisotopic (exact) mass is 430 g/mol. The Balaban J connectivity index is 2.27. The summed E-state index contributed by atoms with van der Waals surface area (Å²) >= 11 is 0. The van der Waals surface area contributed by atoms with E-state index in [1.54, 1.807) is 13.8 Å². The van der Waals surface area contributed by atoms with Gasteiger partial charge >= 0.3 is 5.97 Å². The molecule has 1 unspecified atom stereocenters. The minimum Gasteiger partial charge on any atom is -0.460 e. The number of ether oxygens (including phenoxy) is 1. The maximum atomic E-state index is 14.4. The molecule has 0 aliphatic heterocycles. The summed E-state index contributed by atoms with van der Waals surface area (Å²) in [4.78, 5) is 23.2. The van der Waals surface area contributed by atoms with Crippen molar-refractivity contribution in [3.63, 3.8) is 0 Å². The number of nitrogens with one attached hydrogen (secondary N) is 2. The van der Waals surface area contributed by atoms with Crippen molar-refractivity contribution in [2.75, 3.05) is 4.72 Å². The lowest BCUT2D eigenvalue weighted by atomic mass is 9.99. The molecule has 10 heteroatoms. The molecule has 1 aliphatic carbocycles. The molecule has 0 saturated carbocycles. The van der Waals surface area contributed by atoms with Gasteiger partial charge < -0.3 is 10.1 Å². The summed E-state index contributed by atoms with van der Waals surface area (Å²) in [6.07, 6.45) is 2.19. The summed E-state index contributed by atoms with van der Waals surface area (Å²) in [6, 6.07) is 1.86. The first-order valence-electron chi connectivity index (χ1n) is 9.16. The van der Waals surface area contributed by atoms with Crippen LogP contribution in [-0.2, 0) is 30.9 Å². The van der Waals surface area contributed by atoms with Gasteiger partial charge in [0, 0.05) is 13.5 Å². The van der Waals surface area contributed by atoms with Crippen molar-refractivity contribution in [1.82, 2.24) is 5.32 Å². The second kappa shape index (κ2) is 9.34. The highest BCUT2D eigenvalue weighted by atomic mass is 32.2. The number of amides is 1. The van der Waals surface area contributed by atoms with Crippen molar-refractivity contribution in [3.8, 4) is 0 Å². The number of sulfonamides is 1. The maximum Gasteiger partial charge on any atom is 0.335 e. The molecule has 0 aromatic heterocycles. The van der Waals surface area contributed by atoms with E-state index in [0.29, 0.717) is 12.8 Å². The lowest BCUT2D eigenvalue weighted by Crippen LogP contribution is -2.35. The molecule has 0 saturated heterocycles. The summed E-state index contributed by atoms with van der Waals surface area (Å²) in [5.41, 5.74) is -0.740. The predicted molar refractivity (Wildman–Crippen MR) is 103 cm³/mol. The number of hydrogen-bond donors (Lipinski definition) is 2. The Morgan fingerprint density at radius 1 is 1.24 bits per heavy atom. The van der Waals surface area contributed by atoms with Gasteiger partial charge in [0.15, 0.2) is 11.6 Å². The van der Waals surface area contributed by atoms with E-state index in [1.807, 2.05) is 4.72 Å². The second-order valence-corrected chi connectivity index (χ2v) is 8.89. The number of carbonyl (C=O) groups is 2. The van der Waals surface area contributed by atoms with E-state index in [9.17, 15) is 26.8 Å². The zero-order valence-electron chi connectivity index (χ0n) is 16.4. The smallest absolute Gasteiger partial charge is 0.335 e. The minimum absolute atomic E-state index is 0.0412. The third-order valence-corrected chi connectivity index (χ3v) is 5.95. The molecule has 1 atom stereocenters. The predicted octanol–water partition coefficient (Wildman–Crippen LogP) is 2.77. The first-order chi connectivity index (χ1) is 13.5. The quantitative estimate of drug-likeness (QED) is 0.648. The van der Waals surface area contributed by atoms with Crippen LogP contribution in [0.2, 0.25) is 0 Å². The first-order valence-corrected chi connectivity index (χ1v) is 10.7. The summed E-state index contributed by atoms with van der Waals surface area (Å²) < 4.78 is 61.4. The van der Waals surface area contributed by atoms with E-state index < -0.39 is 44.7 Å². The molecule has 0 radical (unpaired) electrons. The third-order valence-electron chi connectivity index (χ3n) is 4.22. The number of esters is 1. The van der Waals surface area contributed by atoms with Gasteiger partial charge in [-0.1, -0.05) is 6.08 Å². The highest BCUT2D eigenvalue weighted by molar-refractivity contribution is 7.93. The fourth-order valence-electron chi connectivity index (χ4n) is 2.93. The van der Waals surface area contributed by atoms with Gasteiger partial charge in [-0.25, -0.2) is 22.0 Å². The van der Waals surface area contributed by atoms with Crippen LogP contribution in [0.4, 0.5) is 14.5 Å². The normalized spacial score (nSPS) is 16.9. The van der Waals surface area contributed by atoms with Gasteiger partial charge in [0.2, 0.25) is 15.9 Å². The van der Waals surface area contributed by atoms with Crippen molar-refractivity contribution in [2.45, 2.75) is 57.9 Å². The van der Waals surface area contributed by atoms with Crippen molar-refractivity contribution in [2.24, 2.45) is 0 Å². The van der Waals surface area contributed by atoms with Gasteiger partial charge in [-0.2, -0.15) is 0 Å². The van der Waals surface area contributed by atoms with Gasteiger partial charge in [-0.05, 0) is 50.8 Å². The molecule has 1 aliphatic rings. The number of carbonyl (C=O) groups excluding carboxylic acids is 2. The second-order valence-electron chi connectivity index (χ2n) is 7.02. The van der Waals surface area contributed by atoms with Crippen LogP contribution in [0, 0.1) is 11.6 Å². The fraction of sp³-hybridized carbons (Fsp3) is 0.474. The van der Waals surface area contributed by atoms with Gasteiger partial charge in [0.25, 0.3) is 0 Å². The Hall–Kier alpha value is -2.49. The lowest BCUT2D eigenvalue weighted by Gasteiger charge is -2.24. The zero-order chi connectivity index (χ0) is 21.8. The lowest BCUT2D eigenvalue weighted by molar-refractivity contribution is -0.142. The topological polar surface area (TPSA) is 102 Å². The standard InChI is InChI=1S/C19H24F2N2O5S/c1-11(2)28-19(25)14-6-4-5-7-17(14)29(26,27)23-18-15(20)8-13(9-16(18)21)10-22-12(3)24/h6,8-9,11,17,23H,4-5,7,10H2,1-3H3,(H,22,24). The summed E-state index contributed by atoms with van der Waals surface area (Å²) in [6.45, 7) is 4.42. The third kappa shape index (κ3) is 5.99. The SMILES string of the molecule is CC(=O)NCc1cc(F)c(NS(=O)(=O)C2CCCC=C2C(=O)OC(C)C)c(F)c1. The van der Waals surface area contributed by atoms with E-state index in [2.05, 4.69) is 5.32 Å². The highest BCUT2D eigenvalue weighted by Gasteiger charge is 2.36. The Morgan fingerprint density at radius 2 is 1.86 bits per heavy atom. The molecule has 7 nitrogen and oxygen atoms in total. The van der Waals surface area contributed by atoms with Gasteiger partial charge in [0.1, 0.15) is 10.9 Å². The molecule has 0 heterocycles. The zero-order valence-corrected chi connectivity index (χ0v) is 17.2. The molecule has 2 N–H and O–H groups in total. The van der Waals surface area contributed by atoms with Gasteiger partial charge in [-0.3, -0.25) is 9.52 Å². The van der Waals surface area contributed by atoms with Gasteiger partial charge in [-0.15, -0.1) is 0 Å². The van der Waals surface area contributed by atoms with E-state index in [1.165, 1.54) is 13.0 Å². The molecule has 0 fully saturated rings. The van der Waals surface area contributed by atoms with Gasteiger partial charge in [0.05, 0.1) is 11.7 Å². The molecule has 0 spiro atoms. The first kappa shape index (κ1) is 22.8. The van der Waals surface area contributed by atoms with Crippen LogP contribution in [-0.4, -0.2) is 31.6 Å². The molecule has 1 aromatic carbocycles. The van der Waals surface area contributed by atoms with E-state index >= 15 is 0 Å². The van der Waals surface area contributed by atoms with Crippen molar-refractivity contribution >= 4 is 27.6 Å². The maximum absolute atomic E-state index is 14.4. The number of rotatable bonds is 7. The molecular weight excluding hydrogens is 406 g/mol. The molecule has 2 rings (SSSR count). The molecular formula is C19H24F2N2O5S. The Labute approximate surface area is 168 Å². The minimum atomic E-state index is -4.32. The van der Waals surface area contributed by atoms with Crippen LogP contribution in [0.5, 0.6) is 0 Å². The Kier molecular flexibility index (Phi) is 7.34. The average Bonchev–Trinajstić information content (AvgIpc) is 2.62. The van der Waals surface area contributed by atoms with Crippen molar-refractivity contribution in [1.29, 1.82) is 0 Å². The van der Waals surface area contributed by atoms with Crippen molar-refractivity contribution < 1.29 is 31.5 Å². The number of benzene rings is 1. The Bertz CT molecular complexity index is 906. The van der Waals surface area contributed by atoms with E-state index in [0.717, 1.165) is 12.1 Å². The van der Waals surface area contributed by atoms with E-state index in [4.69, 9.17) is 4.74 Å². The molecule has 0 bridgehead atoms. The van der Waals surface area contributed by atoms with Crippen LogP contribution >= 0.6 is 0 Å². The number of halogens is 2. The number of hydrogen-bond acceptors (Lipinski definition) is 5. The van der Waals surface area contributed by atoms with Crippen LogP contribution in [0.1, 0.15) is 45.6 Å². The molecule has 1 aromatic rings. The summed E-state index contributed by atoms with van der Waals surface area (Å²) in [5.74, 6) is -3.39. The van der Waals surface area contributed by atoms with Crippen LogP contribution < -0.4 is 10.0 Å². The number of anilines is 1. The largest absolute Gasteiger partial charge is 0.460 e. The van der Waals surface area contributed by atoms with Crippen molar-refractivity contribution in [3.05, 3.63) is 41.0 Å². The summed E-state index contributed by atoms with van der Waals surface area (Å²) in [7, 11) is -4.32. The molecule has 29 heavy (non-hydrogen) atoms. The summed E-state index contributed by atoms with van der Waals surface area (Å²) in [5, 5.41) is 1.12. The Morgan fingerprint density at radius 3 is 2.41 bits per heavy atom. The van der Waals surface area contributed by atoms with Crippen LogP contribution in [0.15, 0.2) is 23.8 Å². The molecule has 160 valence electrons. The molecule has 1 amide bonds. The van der Waals surface area contributed by atoms with Crippen LogP contribution in [0.3, 0.4) is 0 Å².